The van der Waals surface area contributed by atoms with E-state index in [4.69, 9.17) is 4.74 Å². The molecule has 5 nitrogen and oxygen atoms in total. The quantitative estimate of drug-likeness (QED) is 0.857. The third kappa shape index (κ3) is 3.55. The molecular formula is C18H24N2O3. The molecule has 0 saturated carbocycles. The van der Waals surface area contributed by atoms with Gasteiger partial charge in [0.25, 0.3) is 0 Å². The minimum atomic E-state index is 0.0395. The molecule has 23 heavy (non-hydrogen) atoms. The molecule has 1 fully saturated rings. The van der Waals surface area contributed by atoms with E-state index in [1.54, 1.807) is 0 Å². The fraction of sp³-hybridized carbons (Fsp3) is 0.556. The van der Waals surface area contributed by atoms with Gasteiger partial charge in [0, 0.05) is 38.2 Å². The van der Waals surface area contributed by atoms with Crippen molar-refractivity contribution in [2.75, 3.05) is 24.5 Å². The van der Waals surface area contributed by atoms with Gasteiger partial charge in [0.15, 0.2) is 0 Å². The third-order valence-electron chi connectivity index (χ3n) is 4.51. The van der Waals surface area contributed by atoms with Gasteiger partial charge >= 0.3 is 0 Å². The van der Waals surface area contributed by atoms with E-state index in [2.05, 4.69) is 6.07 Å². The van der Waals surface area contributed by atoms with E-state index in [1.807, 2.05) is 41.8 Å². The summed E-state index contributed by atoms with van der Waals surface area (Å²) in [4.78, 5) is 28.4. The fourth-order valence-electron chi connectivity index (χ4n) is 3.49. The van der Waals surface area contributed by atoms with Crippen LogP contribution >= 0.6 is 0 Å². The van der Waals surface area contributed by atoms with Gasteiger partial charge in [-0.25, -0.2) is 0 Å². The lowest BCUT2D eigenvalue weighted by Crippen LogP contribution is -2.48. The molecule has 0 unspecified atom stereocenters. The van der Waals surface area contributed by atoms with Crippen molar-refractivity contribution in [3.05, 3.63) is 29.8 Å². The molecule has 0 N–H and O–H groups in total. The van der Waals surface area contributed by atoms with Crippen LogP contribution in [0.15, 0.2) is 24.3 Å². The molecule has 1 aromatic rings. The van der Waals surface area contributed by atoms with Crippen molar-refractivity contribution < 1.29 is 14.3 Å². The van der Waals surface area contributed by atoms with E-state index < -0.39 is 0 Å². The second-order valence-corrected chi connectivity index (χ2v) is 6.48. The zero-order chi connectivity index (χ0) is 16.4. The van der Waals surface area contributed by atoms with Gasteiger partial charge < -0.3 is 14.5 Å². The Morgan fingerprint density at radius 1 is 1.09 bits per heavy atom. The number of nitrogens with zero attached hydrogens (tertiary/aromatic N) is 2. The zero-order valence-corrected chi connectivity index (χ0v) is 13.8. The van der Waals surface area contributed by atoms with E-state index in [1.165, 1.54) is 5.56 Å². The van der Waals surface area contributed by atoms with Gasteiger partial charge in [-0.2, -0.15) is 0 Å². The van der Waals surface area contributed by atoms with Gasteiger partial charge in [0.05, 0.1) is 12.2 Å². The summed E-state index contributed by atoms with van der Waals surface area (Å²) in [5.41, 5.74) is 2.21. The van der Waals surface area contributed by atoms with Gasteiger partial charge in [-0.15, -0.1) is 0 Å². The maximum Gasteiger partial charge on any atom is 0.227 e. The largest absolute Gasteiger partial charge is 0.372 e. The lowest BCUT2D eigenvalue weighted by molar-refractivity contribution is -0.144. The summed E-state index contributed by atoms with van der Waals surface area (Å²) in [5, 5.41) is 0. The van der Waals surface area contributed by atoms with E-state index in [0.717, 1.165) is 18.7 Å². The van der Waals surface area contributed by atoms with Crippen molar-refractivity contribution in [3.8, 4) is 0 Å². The minimum Gasteiger partial charge on any atom is -0.372 e. The molecule has 124 valence electrons. The van der Waals surface area contributed by atoms with Gasteiger partial charge in [-0.3, -0.25) is 9.59 Å². The summed E-state index contributed by atoms with van der Waals surface area (Å²) < 4.78 is 5.64. The second-order valence-electron chi connectivity index (χ2n) is 6.48. The first-order chi connectivity index (χ1) is 11.0. The fourth-order valence-corrected chi connectivity index (χ4v) is 3.49. The molecule has 2 amide bonds. The molecule has 2 heterocycles. The first-order valence-electron chi connectivity index (χ1n) is 8.36. The molecular weight excluding hydrogens is 292 g/mol. The number of fused-ring (bicyclic) bond motifs is 1. The Morgan fingerprint density at radius 2 is 1.74 bits per heavy atom. The molecule has 1 aromatic carbocycles. The molecule has 3 rings (SSSR count). The van der Waals surface area contributed by atoms with Crippen LogP contribution in [0, 0.1) is 0 Å². The summed E-state index contributed by atoms with van der Waals surface area (Å²) >= 11 is 0. The molecule has 0 bridgehead atoms. The third-order valence-corrected chi connectivity index (χ3v) is 4.51. The van der Waals surface area contributed by atoms with Crippen molar-refractivity contribution in [1.29, 1.82) is 0 Å². The van der Waals surface area contributed by atoms with E-state index in [9.17, 15) is 9.59 Å². The molecule has 5 heteroatoms. The Labute approximate surface area is 137 Å². The average molecular weight is 316 g/mol. The van der Waals surface area contributed by atoms with Crippen LogP contribution in [0.25, 0.3) is 0 Å². The smallest absolute Gasteiger partial charge is 0.227 e. The molecule has 0 spiro atoms. The van der Waals surface area contributed by atoms with Crippen LogP contribution in [-0.4, -0.2) is 48.6 Å². The highest BCUT2D eigenvalue weighted by molar-refractivity contribution is 5.97. The highest BCUT2D eigenvalue weighted by atomic mass is 16.5. The maximum atomic E-state index is 12.5. The lowest BCUT2D eigenvalue weighted by atomic mass is 10.1. The molecule has 2 aliphatic rings. The standard InChI is InChI=1S/C18H24N2O3/c1-13-11-19(12-14(2)23-13)17(21)7-8-18(22)20-10-9-15-5-3-4-6-16(15)20/h3-6,13-14H,7-12H2,1-2H3/t13-,14+. The molecule has 2 atom stereocenters. The van der Waals surface area contributed by atoms with Gasteiger partial charge in [0.1, 0.15) is 0 Å². The summed E-state index contributed by atoms with van der Waals surface area (Å²) in [6.45, 7) is 5.90. The number of hydrogen-bond acceptors (Lipinski definition) is 3. The normalized spacial score (nSPS) is 23.7. The highest BCUT2D eigenvalue weighted by Gasteiger charge is 2.28. The number of carbonyl (C=O) groups excluding carboxylic acids is 2. The predicted molar refractivity (Wildman–Crippen MR) is 88.3 cm³/mol. The topological polar surface area (TPSA) is 49.9 Å². The Morgan fingerprint density at radius 3 is 2.48 bits per heavy atom. The SMILES string of the molecule is C[C@@H]1CN(C(=O)CCC(=O)N2CCc3ccccc32)C[C@H](C)O1. The van der Waals surface area contributed by atoms with Crippen LogP contribution < -0.4 is 4.90 Å². The molecule has 0 aromatic heterocycles. The number of anilines is 1. The van der Waals surface area contributed by atoms with E-state index in [-0.39, 0.29) is 36.9 Å². The van der Waals surface area contributed by atoms with Crippen molar-refractivity contribution in [2.45, 2.75) is 45.3 Å². The Bertz CT molecular complexity index is 592. The Hall–Kier alpha value is -1.88. The number of benzene rings is 1. The van der Waals surface area contributed by atoms with Crippen LogP contribution in [0.1, 0.15) is 32.3 Å². The Kier molecular flexibility index (Phi) is 4.66. The number of hydrogen-bond donors (Lipinski definition) is 0. The molecule has 0 radical (unpaired) electrons. The van der Waals surface area contributed by atoms with Crippen LogP contribution in [0.2, 0.25) is 0 Å². The summed E-state index contributed by atoms with van der Waals surface area (Å²) in [6.07, 6.45) is 1.56. The number of amides is 2. The number of rotatable bonds is 3. The number of para-hydroxylation sites is 1. The van der Waals surface area contributed by atoms with Crippen LogP contribution in [0.5, 0.6) is 0 Å². The van der Waals surface area contributed by atoms with Gasteiger partial charge in [0.2, 0.25) is 11.8 Å². The maximum absolute atomic E-state index is 12.5. The van der Waals surface area contributed by atoms with Crippen molar-refractivity contribution >= 4 is 17.5 Å². The van der Waals surface area contributed by atoms with Gasteiger partial charge in [-0.05, 0) is 31.9 Å². The van der Waals surface area contributed by atoms with Crippen molar-refractivity contribution in [1.82, 2.24) is 4.90 Å². The van der Waals surface area contributed by atoms with Crippen LogP contribution in [0.4, 0.5) is 5.69 Å². The predicted octanol–water partition coefficient (Wildman–Crippen LogP) is 1.99. The highest BCUT2D eigenvalue weighted by Crippen LogP contribution is 2.28. The van der Waals surface area contributed by atoms with E-state index in [0.29, 0.717) is 13.1 Å². The lowest BCUT2D eigenvalue weighted by Gasteiger charge is -2.35. The number of morpholine rings is 1. The summed E-state index contributed by atoms with van der Waals surface area (Å²) in [5.74, 6) is 0.0884. The molecule has 0 aliphatic carbocycles. The monoisotopic (exact) mass is 316 g/mol. The van der Waals surface area contributed by atoms with Gasteiger partial charge in [-0.1, -0.05) is 18.2 Å². The van der Waals surface area contributed by atoms with Crippen molar-refractivity contribution in [3.63, 3.8) is 0 Å². The Balaban J connectivity index is 1.54. The second kappa shape index (κ2) is 6.71. The molecule has 2 aliphatic heterocycles. The van der Waals surface area contributed by atoms with Crippen molar-refractivity contribution in [2.24, 2.45) is 0 Å². The molecule has 1 saturated heterocycles. The zero-order valence-electron chi connectivity index (χ0n) is 13.8. The first-order valence-corrected chi connectivity index (χ1v) is 8.36. The first kappa shape index (κ1) is 16.0. The number of carbonyl (C=O) groups is 2. The summed E-state index contributed by atoms with van der Waals surface area (Å²) in [7, 11) is 0. The van der Waals surface area contributed by atoms with Crippen LogP contribution in [0.3, 0.4) is 0 Å². The minimum absolute atomic E-state index is 0.0395. The average Bonchev–Trinajstić information content (AvgIpc) is 2.95. The van der Waals surface area contributed by atoms with Crippen LogP contribution in [-0.2, 0) is 20.7 Å². The van der Waals surface area contributed by atoms with E-state index >= 15 is 0 Å². The summed E-state index contributed by atoms with van der Waals surface area (Å²) in [6, 6.07) is 7.99. The number of ether oxygens (including phenoxy) is 1.